The predicted molar refractivity (Wildman–Crippen MR) is 81.0 cm³/mol. The second-order valence-corrected chi connectivity index (χ2v) is 6.29. The van der Waals surface area contributed by atoms with E-state index in [1.165, 1.54) is 12.5 Å². The van der Waals surface area contributed by atoms with Gasteiger partial charge in [0.05, 0.1) is 15.5 Å². The Labute approximate surface area is 124 Å². The molecule has 0 unspecified atom stereocenters. The Morgan fingerprint density at radius 3 is 2.65 bits per heavy atom. The second kappa shape index (κ2) is 6.10. The maximum atomic E-state index is 11.1. The molecular weight excluding hydrogens is 276 g/mol. The van der Waals surface area contributed by atoms with Crippen LogP contribution in [0, 0.1) is 16.0 Å². The number of nitro benzene ring substituents is 1. The van der Waals surface area contributed by atoms with Gasteiger partial charge in [0.2, 0.25) is 0 Å². The van der Waals surface area contributed by atoms with Gasteiger partial charge in [-0.3, -0.25) is 10.1 Å². The van der Waals surface area contributed by atoms with Crippen molar-refractivity contribution in [2.24, 2.45) is 11.7 Å². The molecule has 0 heterocycles. The third-order valence-electron chi connectivity index (χ3n) is 4.50. The molecule has 0 spiro atoms. The van der Waals surface area contributed by atoms with Crippen LogP contribution in [0.15, 0.2) is 18.2 Å². The normalized spacial score (nSPS) is 26.4. The molecule has 0 radical (unpaired) electrons. The number of benzene rings is 1. The zero-order valence-corrected chi connectivity index (χ0v) is 12.5. The molecule has 0 saturated heterocycles. The molecule has 1 saturated carbocycles. The third kappa shape index (κ3) is 3.30. The highest BCUT2D eigenvalue weighted by Crippen LogP contribution is 2.37. The van der Waals surface area contributed by atoms with E-state index in [1.54, 1.807) is 12.1 Å². The van der Waals surface area contributed by atoms with Crippen LogP contribution in [-0.2, 0) is 6.42 Å². The van der Waals surface area contributed by atoms with E-state index in [0.717, 1.165) is 31.6 Å². The van der Waals surface area contributed by atoms with Gasteiger partial charge in [-0.2, -0.15) is 0 Å². The van der Waals surface area contributed by atoms with Crippen LogP contribution >= 0.6 is 11.6 Å². The van der Waals surface area contributed by atoms with E-state index < -0.39 is 0 Å². The highest BCUT2D eigenvalue weighted by atomic mass is 35.5. The van der Waals surface area contributed by atoms with Gasteiger partial charge in [-0.15, -0.1) is 0 Å². The lowest BCUT2D eigenvalue weighted by Gasteiger charge is -2.37. The highest BCUT2D eigenvalue weighted by Gasteiger charge is 2.34. The Balaban J connectivity index is 2.20. The van der Waals surface area contributed by atoms with Crippen LogP contribution in [0.3, 0.4) is 0 Å². The van der Waals surface area contributed by atoms with Gasteiger partial charge in [-0.25, -0.2) is 0 Å². The molecule has 4 nitrogen and oxygen atoms in total. The third-order valence-corrected chi connectivity index (χ3v) is 4.85. The molecule has 1 aromatic rings. The van der Waals surface area contributed by atoms with Crippen molar-refractivity contribution >= 4 is 17.3 Å². The quantitative estimate of drug-likeness (QED) is 0.672. The molecule has 5 heteroatoms. The van der Waals surface area contributed by atoms with Crippen LogP contribution < -0.4 is 5.73 Å². The molecule has 1 fully saturated rings. The minimum atomic E-state index is -0.373. The fourth-order valence-electron chi connectivity index (χ4n) is 3.08. The summed E-state index contributed by atoms with van der Waals surface area (Å²) in [5.41, 5.74) is 6.77. The number of nitro groups is 1. The van der Waals surface area contributed by atoms with Gasteiger partial charge in [-0.05, 0) is 44.1 Å². The van der Waals surface area contributed by atoms with Gasteiger partial charge in [0.25, 0.3) is 5.69 Å². The van der Waals surface area contributed by atoms with Gasteiger partial charge in [-0.1, -0.05) is 31.0 Å². The first kappa shape index (κ1) is 15.3. The van der Waals surface area contributed by atoms with Crippen molar-refractivity contribution in [3.8, 4) is 0 Å². The summed E-state index contributed by atoms with van der Waals surface area (Å²) < 4.78 is 0. The van der Waals surface area contributed by atoms with E-state index in [9.17, 15) is 10.1 Å². The fourth-order valence-corrected chi connectivity index (χ4v) is 3.32. The molecule has 1 aromatic carbocycles. The van der Waals surface area contributed by atoms with Gasteiger partial charge in [0.15, 0.2) is 0 Å². The average molecular weight is 297 g/mol. The largest absolute Gasteiger partial charge is 0.325 e. The number of halogens is 1. The number of hydrogen-bond acceptors (Lipinski definition) is 3. The summed E-state index contributed by atoms with van der Waals surface area (Å²) in [6.45, 7) is 2.20. The minimum absolute atomic E-state index is 0.0833. The van der Waals surface area contributed by atoms with E-state index >= 15 is 0 Å². The first-order valence-electron chi connectivity index (χ1n) is 7.16. The van der Waals surface area contributed by atoms with E-state index in [2.05, 4.69) is 6.92 Å². The first-order valence-corrected chi connectivity index (χ1v) is 7.53. The Bertz CT molecular complexity index is 497. The molecule has 1 aliphatic carbocycles. The van der Waals surface area contributed by atoms with Crippen LogP contribution in [0.4, 0.5) is 5.69 Å². The summed E-state index contributed by atoms with van der Waals surface area (Å²) in [7, 11) is 0. The lowest BCUT2D eigenvalue weighted by molar-refractivity contribution is -0.385. The highest BCUT2D eigenvalue weighted by molar-refractivity contribution is 6.31. The Morgan fingerprint density at radius 2 is 2.10 bits per heavy atom. The summed E-state index contributed by atoms with van der Waals surface area (Å²) in [4.78, 5) is 10.8. The molecule has 0 aromatic heterocycles. The molecule has 0 amide bonds. The first-order chi connectivity index (χ1) is 9.45. The van der Waals surface area contributed by atoms with E-state index in [4.69, 9.17) is 17.3 Å². The van der Waals surface area contributed by atoms with Gasteiger partial charge in [0, 0.05) is 11.6 Å². The zero-order valence-electron chi connectivity index (χ0n) is 11.8. The molecule has 20 heavy (non-hydrogen) atoms. The number of rotatable bonds is 4. The second-order valence-electron chi connectivity index (χ2n) is 5.89. The summed E-state index contributed by atoms with van der Waals surface area (Å²) in [6, 6.07) is 4.81. The maximum Gasteiger partial charge on any atom is 0.274 e. The molecule has 0 atom stereocenters. The van der Waals surface area contributed by atoms with Crippen molar-refractivity contribution in [3.63, 3.8) is 0 Å². The molecular formula is C15H21ClN2O2. The summed E-state index contributed by atoms with van der Waals surface area (Å²) in [5, 5.41) is 11.6. The van der Waals surface area contributed by atoms with Gasteiger partial charge in [0.1, 0.15) is 0 Å². The lowest BCUT2D eigenvalue weighted by Crippen LogP contribution is -2.45. The van der Waals surface area contributed by atoms with Crippen molar-refractivity contribution in [2.45, 2.75) is 51.0 Å². The summed E-state index contributed by atoms with van der Waals surface area (Å²) >= 11 is 6.15. The smallest absolute Gasteiger partial charge is 0.274 e. The molecule has 0 bridgehead atoms. The summed E-state index contributed by atoms with van der Waals surface area (Å²) in [6.07, 6.45) is 5.69. The van der Waals surface area contributed by atoms with Crippen LogP contribution in [0.5, 0.6) is 0 Å². The van der Waals surface area contributed by atoms with Crippen molar-refractivity contribution in [3.05, 3.63) is 38.9 Å². The number of hydrogen-bond donors (Lipinski definition) is 1. The molecule has 0 aliphatic heterocycles. The monoisotopic (exact) mass is 296 g/mol. The topological polar surface area (TPSA) is 69.2 Å². The Morgan fingerprint density at radius 1 is 1.45 bits per heavy atom. The van der Waals surface area contributed by atoms with E-state index in [-0.39, 0.29) is 16.1 Å². The van der Waals surface area contributed by atoms with Crippen LogP contribution in [-0.4, -0.2) is 10.5 Å². The van der Waals surface area contributed by atoms with Crippen molar-refractivity contribution in [2.75, 3.05) is 0 Å². The fraction of sp³-hybridized carbons (Fsp3) is 0.600. The Kier molecular flexibility index (Phi) is 4.66. The minimum Gasteiger partial charge on any atom is -0.325 e. The molecule has 1 aliphatic rings. The average Bonchev–Trinajstić information content (AvgIpc) is 2.41. The Hall–Kier alpha value is -1.13. The van der Waals surface area contributed by atoms with Crippen LogP contribution in [0.25, 0.3) is 0 Å². The maximum absolute atomic E-state index is 11.1. The lowest BCUT2D eigenvalue weighted by atomic mass is 9.73. The molecule has 2 N–H and O–H groups in total. The predicted octanol–water partition coefficient (Wildman–Crippen LogP) is 4.09. The van der Waals surface area contributed by atoms with Crippen molar-refractivity contribution in [1.82, 2.24) is 0 Å². The van der Waals surface area contributed by atoms with Gasteiger partial charge >= 0.3 is 0 Å². The zero-order chi connectivity index (χ0) is 14.8. The number of nitrogens with two attached hydrogens (primary N) is 1. The van der Waals surface area contributed by atoms with Crippen molar-refractivity contribution < 1.29 is 4.92 Å². The summed E-state index contributed by atoms with van der Waals surface area (Å²) in [5.74, 6) is 0.743. The van der Waals surface area contributed by atoms with E-state index in [0.29, 0.717) is 17.0 Å². The van der Waals surface area contributed by atoms with Crippen molar-refractivity contribution in [1.29, 1.82) is 0 Å². The van der Waals surface area contributed by atoms with Crippen LogP contribution in [0.1, 0.15) is 44.6 Å². The van der Waals surface area contributed by atoms with Crippen LogP contribution in [0.2, 0.25) is 5.02 Å². The molecule has 2 rings (SSSR count). The number of nitrogens with zero attached hydrogens (tertiary/aromatic N) is 1. The van der Waals surface area contributed by atoms with Gasteiger partial charge < -0.3 is 5.73 Å². The SMILES string of the molecule is CCC1CCC(N)(Cc2c(Cl)cccc2[N+](=O)[O-])CC1. The standard InChI is InChI=1S/C15H21ClN2O2/c1-2-11-6-8-15(17,9-7-11)10-12-13(16)4-3-5-14(12)18(19)20/h3-5,11H,2,6-10,17H2,1H3. The van der Waals surface area contributed by atoms with E-state index in [1.807, 2.05) is 0 Å². The molecule has 110 valence electrons.